The topological polar surface area (TPSA) is 59.3 Å². The molecule has 5 aromatic carbocycles. The zero-order valence-electron chi connectivity index (χ0n) is 28.9. The van der Waals surface area contributed by atoms with Crippen molar-refractivity contribution in [3.63, 3.8) is 0 Å². The van der Waals surface area contributed by atoms with Crippen LogP contribution in [-0.4, -0.2) is 5.60 Å². The van der Waals surface area contributed by atoms with Gasteiger partial charge in [0.15, 0.2) is 0 Å². The molecule has 256 valence electrons. The smallest absolute Gasteiger partial charge is 0.142 e. The molecular weight excluding hydrogens is 675 g/mol. The van der Waals surface area contributed by atoms with Gasteiger partial charge in [-0.25, -0.2) is 0 Å². The first-order valence-corrected chi connectivity index (χ1v) is 19.8. The fourth-order valence-corrected chi connectivity index (χ4v) is 10.9. The third-order valence-corrected chi connectivity index (χ3v) is 13.6. The van der Waals surface area contributed by atoms with Gasteiger partial charge in [-0.1, -0.05) is 103 Å². The number of nitrogens with one attached hydrogen (secondary N) is 2. The van der Waals surface area contributed by atoms with Gasteiger partial charge in [-0.15, -0.1) is 22.7 Å². The summed E-state index contributed by atoms with van der Waals surface area (Å²) in [5, 5.41) is 12.8. The lowest BCUT2D eigenvalue weighted by molar-refractivity contribution is 0.0831. The van der Waals surface area contributed by atoms with Crippen molar-refractivity contribution >= 4 is 68.6 Å². The van der Waals surface area contributed by atoms with Crippen LogP contribution < -0.4 is 16.4 Å². The van der Waals surface area contributed by atoms with E-state index in [2.05, 4.69) is 139 Å². The third-order valence-electron chi connectivity index (χ3n) is 11.2. The summed E-state index contributed by atoms with van der Waals surface area (Å²) < 4.78 is 12.0. The van der Waals surface area contributed by atoms with Gasteiger partial charge >= 0.3 is 0 Å². The Morgan fingerprint density at radius 3 is 2.54 bits per heavy atom. The molecule has 10 rings (SSSR count). The van der Waals surface area contributed by atoms with Gasteiger partial charge in [0.2, 0.25) is 0 Å². The van der Waals surface area contributed by atoms with Crippen molar-refractivity contribution in [1.82, 2.24) is 10.6 Å². The summed E-state index contributed by atoms with van der Waals surface area (Å²) in [6, 6.07) is 39.5. The van der Waals surface area contributed by atoms with Gasteiger partial charge in [0.25, 0.3) is 0 Å². The van der Waals surface area contributed by atoms with Crippen LogP contribution in [0, 0.1) is 5.92 Å². The molecule has 3 heterocycles. The van der Waals surface area contributed by atoms with E-state index in [1.807, 2.05) is 40.9 Å². The minimum absolute atomic E-state index is 0.190. The van der Waals surface area contributed by atoms with E-state index in [1.54, 1.807) is 0 Å². The van der Waals surface area contributed by atoms with Crippen molar-refractivity contribution in [2.45, 2.75) is 44.2 Å². The van der Waals surface area contributed by atoms with Crippen LogP contribution in [0.25, 0.3) is 45.9 Å². The molecule has 0 saturated heterocycles. The monoisotopic (exact) mass is 713 g/mol. The highest BCUT2D eigenvalue weighted by Crippen LogP contribution is 2.53. The fourth-order valence-electron chi connectivity index (χ4n) is 8.54. The highest BCUT2D eigenvalue weighted by molar-refractivity contribution is 7.26. The number of hydrogen-bond donors (Lipinski definition) is 3. The number of benzene rings is 5. The third kappa shape index (κ3) is 5.28. The minimum Gasteiger partial charge on any atom is -0.482 e. The van der Waals surface area contributed by atoms with Crippen LogP contribution >= 0.6 is 22.7 Å². The Morgan fingerprint density at radius 1 is 0.827 bits per heavy atom. The second-order valence-corrected chi connectivity index (χ2v) is 16.5. The molecule has 3 aliphatic rings. The Morgan fingerprint density at radius 2 is 1.62 bits per heavy atom. The van der Waals surface area contributed by atoms with Gasteiger partial charge in [0, 0.05) is 63.9 Å². The number of thiophene rings is 2. The number of hydrogen-bond acceptors (Lipinski definition) is 6. The minimum atomic E-state index is -0.413. The molecule has 0 radical (unpaired) electrons. The number of fused-ring (bicyclic) bond motifs is 8. The largest absolute Gasteiger partial charge is 0.482 e. The number of allylic oxidation sites excluding steroid dienone is 4. The maximum atomic E-state index is 6.87. The van der Waals surface area contributed by atoms with E-state index >= 15 is 0 Å². The van der Waals surface area contributed by atoms with Gasteiger partial charge in [0.05, 0.1) is 12.3 Å². The first-order chi connectivity index (χ1) is 25.5. The first kappa shape index (κ1) is 31.9. The van der Waals surface area contributed by atoms with Gasteiger partial charge in [0.1, 0.15) is 11.4 Å². The van der Waals surface area contributed by atoms with Crippen LogP contribution in [0.15, 0.2) is 151 Å². The SMILES string of the molecule is CC12OC3=C(CCC=C3)C1C=CC=C2c1ccc2sc3c(C(NCc4ccc5sc6ccccc6c5c4)NC(N)c4ccccc4)cccc3c2c1. The molecule has 1 aliphatic heterocycles. The summed E-state index contributed by atoms with van der Waals surface area (Å²) in [4.78, 5) is 0. The molecular formula is C46H39N3OS2. The molecule has 0 fully saturated rings. The van der Waals surface area contributed by atoms with Crippen molar-refractivity contribution in [2.24, 2.45) is 11.7 Å². The molecule has 0 bridgehead atoms. The van der Waals surface area contributed by atoms with Crippen LogP contribution in [-0.2, 0) is 11.3 Å². The van der Waals surface area contributed by atoms with Gasteiger partial charge in [-0.3, -0.25) is 10.6 Å². The summed E-state index contributed by atoms with van der Waals surface area (Å²) in [6.07, 6.45) is 12.8. The lowest BCUT2D eigenvalue weighted by Gasteiger charge is -2.35. The predicted octanol–water partition coefficient (Wildman–Crippen LogP) is 11.4. The van der Waals surface area contributed by atoms with Crippen LogP contribution in [0.3, 0.4) is 0 Å². The molecule has 7 aromatic rings. The van der Waals surface area contributed by atoms with Crippen molar-refractivity contribution in [3.8, 4) is 0 Å². The predicted molar refractivity (Wildman–Crippen MR) is 220 cm³/mol. The second kappa shape index (κ2) is 12.7. The Labute approximate surface area is 311 Å². The number of nitrogens with two attached hydrogens (primary N) is 1. The maximum Gasteiger partial charge on any atom is 0.142 e. The van der Waals surface area contributed by atoms with Crippen molar-refractivity contribution < 1.29 is 4.74 Å². The number of ether oxygens (including phenoxy) is 1. The lowest BCUT2D eigenvalue weighted by atomic mass is 9.73. The van der Waals surface area contributed by atoms with E-state index in [9.17, 15) is 0 Å². The first-order valence-electron chi connectivity index (χ1n) is 18.2. The molecule has 4 nitrogen and oxygen atoms in total. The average molecular weight is 714 g/mol. The standard InChI is InChI=1S/C46H39N3OS2/c1-46-37(17-10-18-38(46)33-14-5-7-19-39(33)50-46)30-22-24-42-36(26-30)32-15-9-16-34(43(32)52-42)45(49-44(47)29-11-3-2-4-12-29)48-27-28-21-23-41-35(25-28)31-13-6-8-20-40(31)51-41/h2-4,6-13,15-26,38,44-45,48-49H,5,14,27,47H2,1H3. The zero-order chi connectivity index (χ0) is 34.8. The summed E-state index contributed by atoms with van der Waals surface area (Å²) >= 11 is 3.71. The molecule has 4 unspecified atom stereocenters. The zero-order valence-corrected chi connectivity index (χ0v) is 30.6. The van der Waals surface area contributed by atoms with Crippen LogP contribution in [0.4, 0.5) is 0 Å². The van der Waals surface area contributed by atoms with Crippen molar-refractivity contribution in [3.05, 3.63) is 173 Å². The highest BCUT2D eigenvalue weighted by atomic mass is 32.1. The normalized spacial score (nSPS) is 20.7. The van der Waals surface area contributed by atoms with Crippen LogP contribution in [0.5, 0.6) is 0 Å². The van der Waals surface area contributed by atoms with E-state index in [1.165, 1.54) is 68.2 Å². The molecule has 0 amide bonds. The Bertz CT molecular complexity index is 2640. The molecule has 2 aliphatic carbocycles. The van der Waals surface area contributed by atoms with E-state index in [0.717, 1.165) is 24.2 Å². The highest BCUT2D eigenvalue weighted by Gasteiger charge is 2.48. The summed E-state index contributed by atoms with van der Waals surface area (Å²) in [7, 11) is 0. The maximum absolute atomic E-state index is 6.87. The molecule has 4 N–H and O–H groups in total. The molecule has 0 spiro atoms. The van der Waals surface area contributed by atoms with Crippen LogP contribution in [0.1, 0.15) is 54.4 Å². The van der Waals surface area contributed by atoms with Crippen LogP contribution in [0.2, 0.25) is 0 Å². The second-order valence-electron chi connectivity index (χ2n) is 14.3. The summed E-state index contributed by atoms with van der Waals surface area (Å²) in [5.41, 5.74) is 13.8. The average Bonchev–Trinajstić information content (AvgIpc) is 3.85. The molecule has 4 atom stereocenters. The fraction of sp³-hybridized carbons (Fsp3) is 0.174. The lowest BCUT2D eigenvalue weighted by Crippen LogP contribution is -2.39. The molecule has 2 aromatic heterocycles. The molecule has 0 saturated carbocycles. The van der Waals surface area contributed by atoms with E-state index in [-0.39, 0.29) is 18.2 Å². The Balaban J connectivity index is 1.02. The number of rotatable bonds is 8. The Hall–Kier alpha value is -4.82. The quantitative estimate of drug-likeness (QED) is 0.137. The summed E-state index contributed by atoms with van der Waals surface area (Å²) in [6.45, 7) is 2.96. The molecule has 6 heteroatoms. The Kier molecular flexibility index (Phi) is 7.78. The van der Waals surface area contributed by atoms with E-state index < -0.39 is 5.60 Å². The van der Waals surface area contributed by atoms with Crippen molar-refractivity contribution in [2.75, 3.05) is 0 Å². The van der Waals surface area contributed by atoms with Gasteiger partial charge < -0.3 is 10.5 Å². The van der Waals surface area contributed by atoms with Gasteiger partial charge in [-0.2, -0.15) is 0 Å². The molecule has 52 heavy (non-hydrogen) atoms. The van der Waals surface area contributed by atoms with E-state index in [0.29, 0.717) is 6.54 Å². The van der Waals surface area contributed by atoms with E-state index in [4.69, 9.17) is 10.5 Å². The van der Waals surface area contributed by atoms with Crippen molar-refractivity contribution in [1.29, 1.82) is 0 Å². The van der Waals surface area contributed by atoms with Gasteiger partial charge in [-0.05, 0) is 78.4 Å². The summed E-state index contributed by atoms with van der Waals surface area (Å²) in [5.74, 6) is 1.33.